The highest BCUT2D eigenvalue weighted by Gasteiger charge is 2.20. The van der Waals surface area contributed by atoms with Crippen LogP contribution in [0.4, 0.5) is 9.59 Å². The van der Waals surface area contributed by atoms with E-state index in [1.54, 1.807) is 20.8 Å². The van der Waals surface area contributed by atoms with Crippen molar-refractivity contribution in [3.63, 3.8) is 0 Å². The summed E-state index contributed by atoms with van der Waals surface area (Å²) in [6, 6.07) is 8.94. The highest BCUT2D eigenvalue weighted by Crippen LogP contribution is 2.06. The Morgan fingerprint density at radius 1 is 1.12 bits per heavy atom. The summed E-state index contributed by atoms with van der Waals surface area (Å²) in [4.78, 5) is 23.5. The maximum absolute atomic E-state index is 11.8. The molecule has 0 fully saturated rings. The smallest absolute Gasteiger partial charge is 0.408 e. The van der Waals surface area contributed by atoms with Crippen LogP contribution in [0.25, 0.3) is 0 Å². The van der Waals surface area contributed by atoms with Crippen LogP contribution < -0.4 is 10.6 Å². The van der Waals surface area contributed by atoms with Gasteiger partial charge in [-0.2, -0.15) is 0 Å². The molecule has 0 aromatic heterocycles. The number of ether oxygens (including phenoxy) is 3. The van der Waals surface area contributed by atoms with Gasteiger partial charge in [-0.05, 0) is 26.3 Å². The first kappa shape index (κ1) is 19.8. The Morgan fingerprint density at radius 2 is 1.79 bits per heavy atom. The summed E-state index contributed by atoms with van der Waals surface area (Å²) >= 11 is 0. The Morgan fingerprint density at radius 3 is 2.38 bits per heavy atom. The van der Waals surface area contributed by atoms with Crippen LogP contribution in [-0.2, 0) is 20.8 Å². The molecule has 0 unspecified atom stereocenters. The zero-order valence-corrected chi connectivity index (χ0v) is 14.6. The van der Waals surface area contributed by atoms with Crippen LogP contribution in [0.3, 0.4) is 0 Å². The van der Waals surface area contributed by atoms with Gasteiger partial charge in [-0.3, -0.25) is 0 Å². The molecule has 7 nitrogen and oxygen atoms in total. The number of carbonyl (C=O) groups excluding carboxylic acids is 2. The predicted molar refractivity (Wildman–Crippen MR) is 89.7 cm³/mol. The van der Waals surface area contributed by atoms with Crippen molar-refractivity contribution < 1.29 is 23.8 Å². The Hall–Kier alpha value is -2.28. The quantitative estimate of drug-likeness (QED) is 0.797. The molecule has 0 aliphatic heterocycles. The Balaban J connectivity index is 2.36. The number of carbonyl (C=O) groups is 2. The minimum Gasteiger partial charge on any atom is -0.445 e. The maximum atomic E-state index is 11.8. The molecular formula is C17H26N2O5. The molecule has 7 heteroatoms. The average molecular weight is 338 g/mol. The fourth-order valence-electron chi connectivity index (χ4n) is 1.81. The molecule has 1 rings (SSSR count). The lowest BCUT2D eigenvalue weighted by Gasteiger charge is -2.23. The molecule has 1 atom stereocenters. The molecule has 1 aromatic rings. The summed E-state index contributed by atoms with van der Waals surface area (Å²) < 4.78 is 15.3. The second kappa shape index (κ2) is 9.77. The van der Waals surface area contributed by atoms with Crippen LogP contribution >= 0.6 is 0 Å². The number of nitrogens with one attached hydrogen (secondary N) is 2. The van der Waals surface area contributed by atoms with Crippen LogP contribution in [0.5, 0.6) is 0 Å². The van der Waals surface area contributed by atoms with Gasteiger partial charge in [0.2, 0.25) is 0 Å². The zero-order valence-electron chi connectivity index (χ0n) is 14.6. The minimum atomic E-state index is -0.594. The van der Waals surface area contributed by atoms with E-state index in [9.17, 15) is 9.59 Å². The van der Waals surface area contributed by atoms with Gasteiger partial charge in [0.1, 0.15) is 12.2 Å². The van der Waals surface area contributed by atoms with E-state index >= 15 is 0 Å². The van der Waals surface area contributed by atoms with E-state index in [-0.39, 0.29) is 19.8 Å². The van der Waals surface area contributed by atoms with Crippen LogP contribution in [0.1, 0.15) is 26.3 Å². The van der Waals surface area contributed by atoms with Crippen molar-refractivity contribution in [2.45, 2.75) is 39.0 Å². The van der Waals surface area contributed by atoms with Gasteiger partial charge in [0.25, 0.3) is 0 Å². The third-order valence-electron chi connectivity index (χ3n) is 2.79. The van der Waals surface area contributed by atoms with Gasteiger partial charge in [-0.25, -0.2) is 9.59 Å². The van der Waals surface area contributed by atoms with Crippen LogP contribution in [0.15, 0.2) is 30.3 Å². The van der Waals surface area contributed by atoms with E-state index in [2.05, 4.69) is 10.6 Å². The molecule has 0 radical (unpaired) electrons. The number of benzene rings is 1. The fraction of sp³-hybridized carbons (Fsp3) is 0.529. The first-order valence-electron chi connectivity index (χ1n) is 7.73. The Kier molecular flexibility index (Phi) is 8.05. The molecule has 0 bridgehead atoms. The van der Waals surface area contributed by atoms with Crippen molar-refractivity contribution in [3.05, 3.63) is 35.9 Å². The van der Waals surface area contributed by atoms with Crippen molar-refractivity contribution in [2.24, 2.45) is 0 Å². The number of hydrogen-bond acceptors (Lipinski definition) is 5. The van der Waals surface area contributed by atoms with Gasteiger partial charge < -0.3 is 24.8 Å². The third-order valence-corrected chi connectivity index (χ3v) is 2.79. The SMILES string of the molecule is COC[C@@H](CNC(=O)OCc1ccccc1)NC(=O)OC(C)(C)C. The van der Waals surface area contributed by atoms with Crippen LogP contribution in [0, 0.1) is 0 Å². The Bertz CT molecular complexity index is 513. The molecule has 1 aromatic carbocycles. The number of hydrogen-bond donors (Lipinski definition) is 2. The molecule has 134 valence electrons. The van der Waals surface area contributed by atoms with Crippen molar-refractivity contribution >= 4 is 12.2 Å². The fourth-order valence-corrected chi connectivity index (χ4v) is 1.81. The molecule has 0 saturated heterocycles. The molecule has 2 N–H and O–H groups in total. The number of amides is 2. The molecule has 0 aliphatic rings. The first-order valence-corrected chi connectivity index (χ1v) is 7.73. The van der Waals surface area contributed by atoms with Gasteiger partial charge in [0, 0.05) is 13.7 Å². The number of alkyl carbamates (subject to hydrolysis) is 2. The molecule has 0 saturated carbocycles. The summed E-state index contributed by atoms with van der Waals surface area (Å²) in [7, 11) is 1.51. The van der Waals surface area contributed by atoms with E-state index in [4.69, 9.17) is 14.2 Å². The van der Waals surface area contributed by atoms with Gasteiger partial charge in [0.15, 0.2) is 0 Å². The molecule has 24 heavy (non-hydrogen) atoms. The van der Waals surface area contributed by atoms with Crippen molar-refractivity contribution in [3.8, 4) is 0 Å². The highest BCUT2D eigenvalue weighted by atomic mass is 16.6. The monoisotopic (exact) mass is 338 g/mol. The topological polar surface area (TPSA) is 85.9 Å². The second-order valence-corrected chi connectivity index (χ2v) is 6.24. The lowest BCUT2D eigenvalue weighted by Crippen LogP contribution is -2.47. The summed E-state index contributed by atoms with van der Waals surface area (Å²) in [5.74, 6) is 0. The summed E-state index contributed by atoms with van der Waals surface area (Å²) in [5, 5.41) is 5.24. The largest absolute Gasteiger partial charge is 0.445 e. The summed E-state index contributed by atoms with van der Waals surface area (Å²) in [5.41, 5.74) is 0.303. The predicted octanol–water partition coefficient (Wildman–Crippen LogP) is 2.45. The van der Waals surface area contributed by atoms with E-state index in [0.717, 1.165) is 5.56 Å². The van der Waals surface area contributed by atoms with Crippen molar-refractivity contribution in [1.29, 1.82) is 0 Å². The second-order valence-electron chi connectivity index (χ2n) is 6.24. The van der Waals surface area contributed by atoms with E-state index in [0.29, 0.717) is 0 Å². The lowest BCUT2D eigenvalue weighted by molar-refractivity contribution is 0.0466. The third kappa shape index (κ3) is 8.99. The van der Waals surface area contributed by atoms with Crippen molar-refractivity contribution in [1.82, 2.24) is 10.6 Å². The zero-order chi connectivity index (χ0) is 18.0. The molecular weight excluding hydrogens is 312 g/mol. The number of rotatable bonds is 7. The minimum absolute atomic E-state index is 0.167. The van der Waals surface area contributed by atoms with Gasteiger partial charge in [-0.1, -0.05) is 30.3 Å². The Labute approximate surface area is 142 Å². The van der Waals surface area contributed by atoms with Gasteiger partial charge >= 0.3 is 12.2 Å². The van der Waals surface area contributed by atoms with Crippen LogP contribution in [-0.4, -0.2) is 44.1 Å². The normalized spacial score (nSPS) is 12.2. The lowest BCUT2D eigenvalue weighted by atomic mass is 10.2. The van der Waals surface area contributed by atoms with Crippen LogP contribution in [0.2, 0.25) is 0 Å². The van der Waals surface area contributed by atoms with E-state index in [1.165, 1.54) is 7.11 Å². The first-order chi connectivity index (χ1) is 11.3. The molecule has 0 heterocycles. The van der Waals surface area contributed by atoms with Gasteiger partial charge in [0.05, 0.1) is 12.6 Å². The average Bonchev–Trinajstić information content (AvgIpc) is 2.50. The summed E-state index contributed by atoms with van der Waals surface area (Å²) in [6.07, 6.45) is -1.13. The maximum Gasteiger partial charge on any atom is 0.408 e. The molecule has 0 spiro atoms. The van der Waals surface area contributed by atoms with E-state index in [1.807, 2.05) is 30.3 Å². The van der Waals surface area contributed by atoms with Crippen molar-refractivity contribution in [2.75, 3.05) is 20.3 Å². The highest BCUT2D eigenvalue weighted by molar-refractivity contribution is 5.69. The van der Waals surface area contributed by atoms with E-state index < -0.39 is 23.8 Å². The molecule has 0 aliphatic carbocycles. The summed E-state index contributed by atoms with van der Waals surface area (Å²) in [6.45, 7) is 5.91. The standard InChI is InChI=1S/C17H26N2O5/c1-17(2,3)24-16(21)19-14(12-22-4)10-18-15(20)23-11-13-8-6-5-7-9-13/h5-9,14H,10-12H2,1-4H3,(H,18,20)(H,19,21)/t14-/m1/s1. The molecule has 2 amide bonds. The van der Waals surface area contributed by atoms with Gasteiger partial charge in [-0.15, -0.1) is 0 Å². The number of methoxy groups -OCH3 is 1.